The SMILES string of the molecule is C#C[C@](CC)(OC)C1(C#N)CC1. The van der Waals surface area contributed by atoms with Crippen LogP contribution in [0, 0.1) is 29.1 Å². The smallest absolute Gasteiger partial charge is 0.146 e. The molecule has 0 aromatic heterocycles. The second-order valence-corrected chi connectivity index (χ2v) is 3.22. The summed E-state index contributed by atoms with van der Waals surface area (Å²) < 4.78 is 5.30. The zero-order valence-electron chi connectivity index (χ0n) is 7.55. The average Bonchev–Trinajstić information content (AvgIpc) is 2.90. The molecule has 1 fully saturated rings. The van der Waals surface area contributed by atoms with Crippen LogP contribution in [-0.2, 0) is 4.74 Å². The van der Waals surface area contributed by atoms with Gasteiger partial charge in [-0.1, -0.05) is 12.8 Å². The molecule has 0 amide bonds. The highest BCUT2D eigenvalue weighted by Crippen LogP contribution is 2.56. The fraction of sp³-hybridized carbons (Fsp3) is 0.700. The monoisotopic (exact) mass is 163 g/mol. The van der Waals surface area contributed by atoms with Crippen molar-refractivity contribution in [1.82, 2.24) is 0 Å². The zero-order chi connectivity index (χ0) is 9.24. The summed E-state index contributed by atoms with van der Waals surface area (Å²) in [5.41, 5.74) is -1.05. The third kappa shape index (κ3) is 0.924. The summed E-state index contributed by atoms with van der Waals surface area (Å²) in [6.07, 6.45) is 7.85. The highest BCUT2D eigenvalue weighted by atomic mass is 16.5. The van der Waals surface area contributed by atoms with E-state index in [4.69, 9.17) is 16.4 Å². The van der Waals surface area contributed by atoms with E-state index in [2.05, 4.69) is 12.0 Å². The first kappa shape index (κ1) is 9.10. The summed E-state index contributed by atoms with van der Waals surface area (Å²) >= 11 is 0. The van der Waals surface area contributed by atoms with Gasteiger partial charge in [0.2, 0.25) is 0 Å². The van der Waals surface area contributed by atoms with E-state index in [0.717, 1.165) is 12.8 Å². The molecule has 0 aromatic rings. The van der Waals surface area contributed by atoms with Crippen LogP contribution in [0.5, 0.6) is 0 Å². The van der Waals surface area contributed by atoms with E-state index in [0.29, 0.717) is 6.42 Å². The summed E-state index contributed by atoms with van der Waals surface area (Å²) in [4.78, 5) is 0. The van der Waals surface area contributed by atoms with Crippen molar-refractivity contribution in [1.29, 1.82) is 5.26 Å². The van der Waals surface area contributed by atoms with Gasteiger partial charge in [0, 0.05) is 7.11 Å². The average molecular weight is 163 g/mol. The first-order valence-corrected chi connectivity index (χ1v) is 4.14. The van der Waals surface area contributed by atoms with Gasteiger partial charge in [0.1, 0.15) is 5.60 Å². The van der Waals surface area contributed by atoms with Gasteiger partial charge in [-0.2, -0.15) is 5.26 Å². The molecule has 1 rings (SSSR count). The van der Waals surface area contributed by atoms with Crippen LogP contribution in [0.3, 0.4) is 0 Å². The van der Waals surface area contributed by atoms with E-state index < -0.39 is 11.0 Å². The first-order chi connectivity index (χ1) is 5.70. The molecule has 0 unspecified atom stereocenters. The van der Waals surface area contributed by atoms with Gasteiger partial charge in [-0.15, -0.1) is 6.42 Å². The molecule has 0 aromatic carbocycles. The Morgan fingerprint density at radius 2 is 2.25 bits per heavy atom. The molecule has 0 saturated heterocycles. The molecule has 0 heterocycles. The van der Waals surface area contributed by atoms with Crippen molar-refractivity contribution >= 4 is 0 Å². The molecular weight excluding hydrogens is 150 g/mol. The molecule has 0 N–H and O–H groups in total. The van der Waals surface area contributed by atoms with E-state index in [1.165, 1.54) is 0 Å². The van der Waals surface area contributed by atoms with Crippen LogP contribution in [0.1, 0.15) is 26.2 Å². The molecule has 1 saturated carbocycles. The minimum Gasteiger partial charge on any atom is -0.364 e. The molecule has 0 bridgehead atoms. The van der Waals surface area contributed by atoms with Gasteiger partial charge in [0.05, 0.1) is 11.5 Å². The van der Waals surface area contributed by atoms with Crippen LogP contribution in [0.4, 0.5) is 0 Å². The van der Waals surface area contributed by atoms with Crippen LogP contribution < -0.4 is 0 Å². The van der Waals surface area contributed by atoms with Crippen LogP contribution in [-0.4, -0.2) is 12.7 Å². The van der Waals surface area contributed by atoms with Gasteiger partial charge in [-0.3, -0.25) is 0 Å². The maximum atomic E-state index is 8.96. The van der Waals surface area contributed by atoms with Crippen LogP contribution in [0.2, 0.25) is 0 Å². The second kappa shape index (κ2) is 2.81. The van der Waals surface area contributed by atoms with Gasteiger partial charge in [0.15, 0.2) is 0 Å². The Balaban J connectivity index is 2.96. The fourth-order valence-corrected chi connectivity index (χ4v) is 1.71. The maximum absolute atomic E-state index is 8.96. The van der Waals surface area contributed by atoms with E-state index in [1.54, 1.807) is 7.11 Å². The van der Waals surface area contributed by atoms with Gasteiger partial charge in [0.25, 0.3) is 0 Å². The number of methoxy groups -OCH3 is 1. The van der Waals surface area contributed by atoms with Crippen molar-refractivity contribution in [3.63, 3.8) is 0 Å². The normalized spacial score (nSPS) is 23.3. The Kier molecular flexibility index (Phi) is 2.13. The predicted octanol–water partition coefficient (Wildman–Crippen LogP) is 1.72. The third-order valence-electron chi connectivity index (χ3n) is 2.82. The van der Waals surface area contributed by atoms with E-state index >= 15 is 0 Å². The summed E-state index contributed by atoms with van der Waals surface area (Å²) in [5, 5.41) is 8.96. The van der Waals surface area contributed by atoms with Gasteiger partial charge in [-0.05, 0) is 19.3 Å². The minimum absolute atomic E-state index is 0.398. The maximum Gasteiger partial charge on any atom is 0.146 e. The van der Waals surface area contributed by atoms with Crippen molar-refractivity contribution in [2.24, 2.45) is 5.41 Å². The lowest BCUT2D eigenvalue weighted by Gasteiger charge is -2.30. The summed E-state index contributed by atoms with van der Waals surface area (Å²) in [6.45, 7) is 1.96. The summed E-state index contributed by atoms with van der Waals surface area (Å²) in [5.74, 6) is 2.62. The summed E-state index contributed by atoms with van der Waals surface area (Å²) in [6, 6.07) is 2.28. The van der Waals surface area contributed by atoms with Crippen LogP contribution in [0.25, 0.3) is 0 Å². The minimum atomic E-state index is -0.651. The predicted molar refractivity (Wildman–Crippen MR) is 46.1 cm³/mol. The van der Waals surface area contributed by atoms with Crippen molar-refractivity contribution in [2.75, 3.05) is 7.11 Å². The molecule has 1 aliphatic carbocycles. The number of nitriles is 1. The van der Waals surface area contributed by atoms with Gasteiger partial charge >= 0.3 is 0 Å². The molecule has 12 heavy (non-hydrogen) atoms. The van der Waals surface area contributed by atoms with Crippen molar-refractivity contribution in [3.05, 3.63) is 0 Å². The number of terminal acetylenes is 1. The Bertz CT molecular complexity index is 248. The van der Waals surface area contributed by atoms with Crippen molar-refractivity contribution in [3.8, 4) is 18.4 Å². The molecule has 2 nitrogen and oxygen atoms in total. The van der Waals surface area contributed by atoms with Crippen molar-refractivity contribution in [2.45, 2.75) is 31.8 Å². The Morgan fingerprint density at radius 1 is 1.67 bits per heavy atom. The lowest BCUT2D eigenvalue weighted by atomic mass is 9.83. The summed E-state index contributed by atoms with van der Waals surface area (Å²) in [7, 11) is 1.58. The zero-order valence-corrected chi connectivity index (χ0v) is 7.55. The number of nitrogens with zero attached hydrogens (tertiary/aromatic N) is 1. The number of rotatable bonds is 3. The Morgan fingerprint density at radius 3 is 2.33 bits per heavy atom. The Labute approximate surface area is 73.5 Å². The standard InChI is InChI=1S/C10H13NO/c1-4-10(5-2,12-3)9(8-11)6-7-9/h1H,5-7H2,2-3H3/t10-/m1/s1. The largest absolute Gasteiger partial charge is 0.364 e. The molecule has 64 valence electrons. The molecule has 1 aliphatic rings. The van der Waals surface area contributed by atoms with Crippen LogP contribution in [0.15, 0.2) is 0 Å². The number of hydrogen-bond acceptors (Lipinski definition) is 2. The second-order valence-electron chi connectivity index (χ2n) is 3.22. The third-order valence-corrected chi connectivity index (χ3v) is 2.82. The lowest BCUT2D eigenvalue weighted by molar-refractivity contribution is -0.00434. The lowest BCUT2D eigenvalue weighted by Crippen LogP contribution is -2.38. The van der Waals surface area contributed by atoms with Gasteiger partial charge in [-0.25, -0.2) is 0 Å². The van der Waals surface area contributed by atoms with Crippen LogP contribution >= 0.6 is 0 Å². The molecular formula is C10H13NO. The Hall–Kier alpha value is -0.990. The van der Waals surface area contributed by atoms with E-state index in [-0.39, 0.29) is 0 Å². The van der Waals surface area contributed by atoms with Crippen molar-refractivity contribution < 1.29 is 4.74 Å². The number of hydrogen-bond donors (Lipinski definition) is 0. The van der Waals surface area contributed by atoms with E-state index in [1.807, 2.05) is 6.92 Å². The number of ether oxygens (including phenoxy) is 1. The first-order valence-electron chi connectivity index (χ1n) is 4.14. The van der Waals surface area contributed by atoms with E-state index in [9.17, 15) is 0 Å². The molecule has 0 aliphatic heterocycles. The highest BCUT2D eigenvalue weighted by molar-refractivity contribution is 5.30. The highest BCUT2D eigenvalue weighted by Gasteiger charge is 2.59. The van der Waals surface area contributed by atoms with Gasteiger partial charge < -0.3 is 4.74 Å². The quantitative estimate of drug-likeness (QED) is 0.593. The molecule has 1 atom stereocenters. The topological polar surface area (TPSA) is 33.0 Å². The fourth-order valence-electron chi connectivity index (χ4n) is 1.71. The molecule has 2 heteroatoms. The molecule has 0 spiro atoms. The molecule has 0 radical (unpaired) electrons.